The number of esters is 2. The molecule has 0 bridgehead atoms. The molecule has 18 heteroatoms. The highest BCUT2D eigenvalue weighted by Crippen LogP contribution is 2.44. The quantitative estimate of drug-likeness (QED) is 0.111. The van der Waals surface area contributed by atoms with Gasteiger partial charge in [0.1, 0.15) is 5.82 Å². The second-order valence-corrected chi connectivity index (χ2v) is 15.2. The van der Waals surface area contributed by atoms with Crippen LogP contribution in [0, 0.1) is 0 Å². The lowest BCUT2D eigenvalue weighted by Crippen LogP contribution is -2.37. The first-order valence-corrected chi connectivity index (χ1v) is 20.2. The van der Waals surface area contributed by atoms with Gasteiger partial charge in [-0.15, -0.1) is 0 Å². The predicted octanol–water partition coefficient (Wildman–Crippen LogP) is 4.68. The molecule has 1 aromatic heterocycles. The van der Waals surface area contributed by atoms with Gasteiger partial charge in [-0.05, 0) is 58.7 Å². The molecule has 14 nitrogen and oxygen atoms in total. The van der Waals surface area contributed by atoms with Crippen molar-refractivity contribution in [1.82, 2.24) is 4.57 Å². The summed E-state index contributed by atoms with van der Waals surface area (Å²) in [6.45, 7) is 8.53. The Balaban J connectivity index is 1.87. The Morgan fingerprint density at radius 3 is 1.94 bits per heavy atom. The lowest BCUT2D eigenvalue weighted by atomic mass is 10.1. The fourth-order valence-electron chi connectivity index (χ4n) is 6.00. The molecular formula is C33H39Cl2N4O10S2-. The van der Waals surface area contributed by atoms with Crippen LogP contribution >= 0.6 is 23.2 Å². The Morgan fingerprint density at radius 1 is 0.804 bits per heavy atom. The summed E-state index contributed by atoms with van der Waals surface area (Å²) in [7, 11) is -8.99. The molecule has 0 spiro atoms. The van der Waals surface area contributed by atoms with E-state index in [1.54, 1.807) is 65.8 Å². The van der Waals surface area contributed by atoms with Crippen LogP contribution in [0.4, 0.5) is 11.4 Å². The van der Waals surface area contributed by atoms with E-state index in [0.717, 1.165) is 0 Å². The Kier molecular flexibility index (Phi) is 13.2. The van der Waals surface area contributed by atoms with Crippen molar-refractivity contribution in [2.24, 2.45) is 0 Å². The first-order chi connectivity index (χ1) is 24.0. The third kappa shape index (κ3) is 9.42. The van der Waals surface area contributed by atoms with Gasteiger partial charge in [0.25, 0.3) is 5.82 Å². The molecule has 51 heavy (non-hydrogen) atoms. The molecule has 0 N–H and O–H groups in total. The SMILES string of the molecule is CCOC(=O)c1cc2c(cc1Cl)N(CC)C(=CC=Cc1n(CC)c3cc(Cl)c(C(=O)OCC)cc3[n+]1CCCS(=O)(=O)[O-])N2CCCS(=O)(=O)[O-]. The zero-order chi connectivity index (χ0) is 37.7. The molecule has 4 rings (SSSR count). The second kappa shape index (κ2) is 16.8. The van der Waals surface area contributed by atoms with Crippen LogP contribution in [0.2, 0.25) is 10.0 Å². The van der Waals surface area contributed by atoms with E-state index in [0.29, 0.717) is 47.1 Å². The summed E-state index contributed by atoms with van der Waals surface area (Å²) in [6.07, 6.45) is 5.28. The highest BCUT2D eigenvalue weighted by molar-refractivity contribution is 7.85. The van der Waals surface area contributed by atoms with Crippen LogP contribution in [0.1, 0.15) is 67.1 Å². The van der Waals surface area contributed by atoms with Crippen LogP contribution < -0.4 is 14.4 Å². The van der Waals surface area contributed by atoms with Gasteiger partial charge in [0.05, 0.1) is 79.1 Å². The normalized spacial score (nSPS) is 14.2. The maximum absolute atomic E-state index is 12.7. The Morgan fingerprint density at radius 2 is 1.37 bits per heavy atom. The number of aromatic nitrogens is 2. The van der Waals surface area contributed by atoms with Gasteiger partial charge in [-0.3, -0.25) is 0 Å². The van der Waals surface area contributed by atoms with E-state index in [4.69, 9.17) is 32.7 Å². The predicted molar refractivity (Wildman–Crippen MR) is 192 cm³/mol. The summed E-state index contributed by atoms with van der Waals surface area (Å²) in [4.78, 5) is 29.1. The van der Waals surface area contributed by atoms with Crippen molar-refractivity contribution in [2.75, 3.05) is 47.6 Å². The molecule has 0 saturated carbocycles. The van der Waals surface area contributed by atoms with E-state index in [9.17, 15) is 35.5 Å². The summed E-state index contributed by atoms with van der Waals surface area (Å²) in [6, 6.07) is 6.41. The van der Waals surface area contributed by atoms with Gasteiger partial charge < -0.3 is 28.4 Å². The lowest BCUT2D eigenvalue weighted by Gasteiger charge is -2.24. The Labute approximate surface area is 307 Å². The number of benzene rings is 2. The maximum Gasteiger partial charge on any atom is 0.339 e. The molecular weight excluding hydrogens is 747 g/mol. The highest BCUT2D eigenvalue weighted by atomic mass is 35.5. The molecule has 2 heterocycles. The minimum Gasteiger partial charge on any atom is -0.748 e. The van der Waals surface area contributed by atoms with Gasteiger partial charge in [0, 0.05) is 42.8 Å². The fourth-order valence-corrected chi connectivity index (χ4v) is 7.43. The number of aryl methyl sites for hydroxylation is 2. The fraction of sp³-hybridized carbons (Fsp3) is 0.424. The third-order valence-electron chi connectivity index (χ3n) is 8.06. The van der Waals surface area contributed by atoms with Crippen LogP contribution in [0.15, 0.2) is 42.2 Å². The van der Waals surface area contributed by atoms with Crippen molar-refractivity contribution in [1.29, 1.82) is 0 Å². The smallest absolute Gasteiger partial charge is 0.339 e. The molecule has 0 atom stereocenters. The second-order valence-electron chi connectivity index (χ2n) is 11.3. The number of allylic oxidation sites excluding steroid dienone is 2. The van der Waals surface area contributed by atoms with E-state index >= 15 is 0 Å². The molecule has 0 aliphatic carbocycles. The number of fused-ring (bicyclic) bond motifs is 2. The Bertz CT molecular complexity index is 2100. The number of carbonyl (C=O) groups excluding carboxylic acids is 2. The molecule has 0 fully saturated rings. The van der Waals surface area contributed by atoms with Crippen molar-refractivity contribution in [3.8, 4) is 0 Å². The van der Waals surface area contributed by atoms with E-state index in [1.807, 2.05) is 23.3 Å². The number of hydrogen-bond acceptors (Lipinski definition) is 12. The van der Waals surface area contributed by atoms with Crippen LogP contribution in [-0.4, -0.2) is 80.3 Å². The summed E-state index contributed by atoms with van der Waals surface area (Å²) in [5, 5.41) is 0.331. The first-order valence-electron chi connectivity index (χ1n) is 16.3. The van der Waals surface area contributed by atoms with E-state index < -0.39 is 43.7 Å². The molecule has 1 aliphatic heterocycles. The average molecular weight is 787 g/mol. The van der Waals surface area contributed by atoms with Gasteiger partial charge in [-0.2, -0.15) is 0 Å². The van der Waals surface area contributed by atoms with E-state index in [2.05, 4.69) is 0 Å². The molecule has 0 saturated heterocycles. The number of nitrogens with zero attached hydrogens (tertiary/aromatic N) is 4. The standard InChI is InChI=1S/C33H40Cl2N4O10S2/c1-5-36-28-20-24(34)22(32(40)48-7-3)18-26(28)38(14-10-16-50(42,43)44)30(36)12-9-13-31-37(6-2)29-21-25(35)23(33(41)49-8-4)19-27(29)39(31)15-11-17-51(45,46)47/h9,12-13,18-21H,5-8,10-11,14-17H2,1-4H3,(H-,42,43,44,45,46,47)/p-1. The molecule has 2 aromatic carbocycles. The van der Waals surface area contributed by atoms with E-state index in [1.165, 1.54) is 0 Å². The van der Waals surface area contributed by atoms with Crippen molar-refractivity contribution < 1.29 is 49.6 Å². The number of imidazole rings is 1. The zero-order valence-corrected chi connectivity index (χ0v) is 31.7. The van der Waals surface area contributed by atoms with Crippen LogP contribution in [0.25, 0.3) is 17.1 Å². The topological polar surface area (TPSA) is 182 Å². The van der Waals surface area contributed by atoms with Crippen LogP contribution in [0.5, 0.6) is 0 Å². The molecule has 0 unspecified atom stereocenters. The van der Waals surface area contributed by atoms with Gasteiger partial charge >= 0.3 is 11.9 Å². The largest absolute Gasteiger partial charge is 0.748 e. The van der Waals surface area contributed by atoms with Crippen molar-refractivity contribution >= 4 is 83.9 Å². The summed E-state index contributed by atoms with van der Waals surface area (Å²) >= 11 is 13.0. The van der Waals surface area contributed by atoms with Gasteiger partial charge in [0.2, 0.25) is 0 Å². The monoisotopic (exact) mass is 785 g/mol. The summed E-state index contributed by atoms with van der Waals surface area (Å²) in [5.41, 5.74) is 2.67. The summed E-state index contributed by atoms with van der Waals surface area (Å²) < 4.78 is 82.9. The van der Waals surface area contributed by atoms with Crippen molar-refractivity contribution in [3.05, 3.63) is 69.2 Å². The van der Waals surface area contributed by atoms with E-state index in [-0.39, 0.29) is 60.3 Å². The van der Waals surface area contributed by atoms with Gasteiger partial charge in [0.15, 0.2) is 11.0 Å². The number of halogens is 2. The zero-order valence-electron chi connectivity index (χ0n) is 28.6. The number of hydrogen-bond donors (Lipinski definition) is 0. The lowest BCUT2D eigenvalue weighted by molar-refractivity contribution is -0.673. The van der Waals surface area contributed by atoms with Crippen molar-refractivity contribution in [2.45, 2.75) is 53.6 Å². The number of ether oxygens (including phenoxy) is 2. The third-order valence-corrected chi connectivity index (χ3v) is 10.3. The molecule has 1 aliphatic rings. The number of anilines is 2. The number of carbonyl (C=O) groups is 2. The number of rotatable bonds is 16. The van der Waals surface area contributed by atoms with Crippen LogP contribution in [-0.2, 0) is 42.8 Å². The minimum atomic E-state index is -4.50. The van der Waals surface area contributed by atoms with Crippen molar-refractivity contribution in [3.63, 3.8) is 0 Å². The van der Waals surface area contributed by atoms with Gasteiger partial charge in [-0.25, -0.2) is 35.6 Å². The summed E-state index contributed by atoms with van der Waals surface area (Å²) in [5.74, 6) is -1.25. The molecule has 278 valence electrons. The maximum atomic E-state index is 12.7. The minimum absolute atomic E-state index is 0.00248. The highest BCUT2D eigenvalue weighted by Gasteiger charge is 2.33. The van der Waals surface area contributed by atoms with Gasteiger partial charge in [-0.1, -0.05) is 29.3 Å². The average Bonchev–Trinajstić information content (AvgIpc) is 3.48. The molecule has 0 amide bonds. The Hall–Kier alpha value is -3.67. The first kappa shape index (κ1) is 40.1. The van der Waals surface area contributed by atoms with Crippen LogP contribution in [0.3, 0.4) is 0 Å². The molecule has 0 radical (unpaired) electrons. The molecule has 3 aromatic rings.